The van der Waals surface area contributed by atoms with Crippen LogP contribution in [0.25, 0.3) is 10.9 Å². The number of aromatic amines is 1. The number of fused-ring (bicyclic) bond motifs is 1. The number of carbonyl (C=O) groups is 1. The number of ether oxygens (including phenoxy) is 1. The fraction of sp³-hybridized carbons (Fsp3) is 0.438. The number of hydrogen-bond acceptors (Lipinski definition) is 3. The molecule has 0 aliphatic carbocycles. The number of amides is 1. The highest BCUT2D eigenvalue weighted by atomic mass is 16.5. The van der Waals surface area contributed by atoms with E-state index in [4.69, 9.17) is 10.5 Å². The quantitative estimate of drug-likeness (QED) is 0.724. The maximum absolute atomic E-state index is 12.1. The lowest BCUT2D eigenvalue weighted by Gasteiger charge is -2.17. The van der Waals surface area contributed by atoms with Gasteiger partial charge < -0.3 is 20.8 Å². The molecule has 2 atom stereocenters. The van der Waals surface area contributed by atoms with Crippen molar-refractivity contribution in [2.24, 2.45) is 5.73 Å². The van der Waals surface area contributed by atoms with Crippen LogP contribution >= 0.6 is 0 Å². The van der Waals surface area contributed by atoms with Gasteiger partial charge in [0.15, 0.2) is 0 Å². The standard InChI is InChI=1S/C16H23N3O2/c1-3-21-10-11(2)19-16(20)14(17)8-12-9-18-15-7-5-4-6-13(12)15/h4-7,9,11,14,18H,3,8,10,17H2,1-2H3,(H,19,20). The summed E-state index contributed by atoms with van der Waals surface area (Å²) in [5, 5.41) is 3.99. The summed E-state index contributed by atoms with van der Waals surface area (Å²) < 4.78 is 5.28. The first-order valence-corrected chi connectivity index (χ1v) is 7.30. The van der Waals surface area contributed by atoms with Crippen LogP contribution in [0.15, 0.2) is 30.5 Å². The van der Waals surface area contributed by atoms with Gasteiger partial charge in [0.2, 0.25) is 5.91 Å². The molecule has 21 heavy (non-hydrogen) atoms. The lowest BCUT2D eigenvalue weighted by atomic mass is 10.0. The Balaban J connectivity index is 1.94. The summed E-state index contributed by atoms with van der Waals surface area (Å²) in [6.45, 7) is 4.98. The van der Waals surface area contributed by atoms with Crippen LogP contribution in [0, 0.1) is 0 Å². The Morgan fingerprint density at radius 2 is 2.19 bits per heavy atom. The van der Waals surface area contributed by atoms with E-state index in [-0.39, 0.29) is 11.9 Å². The summed E-state index contributed by atoms with van der Waals surface area (Å²) in [6.07, 6.45) is 2.43. The zero-order chi connectivity index (χ0) is 15.2. The van der Waals surface area contributed by atoms with Gasteiger partial charge in [-0.3, -0.25) is 4.79 Å². The minimum Gasteiger partial charge on any atom is -0.380 e. The number of H-pyrrole nitrogens is 1. The number of aromatic nitrogens is 1. The average Bonchev–Trinajstić information content (AvgIpc) is 2.88. The van der Waals surface area contributed by atoms with Crippen LogP contribution in [0.5, 0.6) is 0 Å². The van der Waals surface area contributed by atoms with Gasteiger partial charge in [-0.2, -0.15) is 0 Å². The van der Waals surface area contributed by atoms with Crippen molar-refractivity contribution in [3.8, 4) is 0 Å². The van der Waals surface area contributed by atoms with Crippen molar-refractivity contribution >= 4 is 16.8 Å². The third-order valence-corrected chi connectivity index (χ3v) is 3.41. The van der Waals surface area contributed by atoms with Crippen LogP contribution in [-0.4, -0.2) is 36.2 Å². The lowest BCUT2D eigenvalue weighted by Crippen LogP contribution is -2.46. The SMILES string of the molecule is CCOCC(C)NC(=O)C(N)Cc1c[nH]c2ccccc12. The van der Waals surface area contributed by atoms with Gasteiger partial charge >= 0.3 is 0 Å². The summed E-state index contributed by atoms with van der Waals surface area (Å²) >= 11 is 0. The maximum atomic E-state index is 12.1. The molecule has 0 bridgehead atoms. The molecule has 0 aliphatic rings. The zero-order valence-corrected chi connectivity index (χ0v) is 12.6. The van der Waals surface area contributed by atoms with Crippen molar-refractivity contribution in [2.75, 3.05) is 13.2 Å². The van der Waals surface area contributed by atoms with Crippen LogP contribution in [0.4, 0.5) is 0 Å². The van der Waals surface area contributed by atoms with E-state index in [9.17, 15) is 4.79 Å². The van der Waals surface area contributed by atoms with Crippen LogP contribution in [-0.2, 0) is 16.0 Å². The van der Waals surface area contributed by atoms with Crippen molar-refractivity contribution < 1.29 is 9.53 Å². The van der Waals surface area contributed by atoms with Crippen LogP contribution in [0.2, 0.25) is 0 Å². The first kappa shape index (κ1) is 15.5. The van der Waals surface area contributed by atoms with E-state index in [1.54, 1.807) is 0 Å². The van der Waals surface area contributed by atoms with Gasteiger partial charge in [-0.15, -0.1) is 0 Å². The van der Waals surface area contributed by atoms with Crippen molar-refractivity contribution in [1.82, 2.24) is 10.3 Å². The van der Waals surface area contributed by atoms with Gasteiger partial charge in [-0.25, -0.2) is 0 Å². The van der Waals surface area contributed by atoms with E-state index < -0.39 is 6.04 Å². The molecule has 0 fully saturated rings. The number of rotatable bonds is 7. The molecule has 1 amide bonds. The Kier molecular flexibility index (Phi) is 5.36. The van der Waals surface area contributed by atoms with E-state index in [1.165, 1.54) is 0 Å². The molecule has 114 valence electrons. The highest BCUT2D eigenvalue weighted by Crippen LogP contribution is 2.18. The summed E-state index contributed by atoms with van der Waals surface area (Å²) in [6, 6.07) is 7.40. The van der Waals surface area contributed by atoms with E-state index in [1.807, 2.05) is 44.3 Å². The van der Waals surface area contributed by atoms with Gasteiger partial charge in [-0.05, 0) is 31.9 Å². The summed E-state index contributed by atoms with van der Waals surface area (Å²) in [5.41, 5.74) is 8.13. The highest BCUT2D eigenvalue weighted by molar-refractivity contribution is 5.86. The fourth-order valence-electron chi connectivity index (χ4n) is 2.32. The third kappa shape index (κ3) is 4.06. The van der Waals surface area contributed by atoms with Crippen LogP contribution in [0.3, 0.4) is 0 Å². The lowest BCUT2D eigenvalue weighted by molar-refractivity contribution is -0.123. The van der Waals surface area contributed by atoms with Gasteiger partial charge in [0.25, 0.3) is 0 Å². The Bertz CT molecular complexity index is 594. The van der Waals surface area contributed by atoms with E-state index in [0.717, 1.165) is 16.5 Å². The highest BCUT2D eigenvalue weighted by Gasteiger charge is 2.17. The number of benzene rings is 1. The molecule has 2 aromatic rings. The van der Waals surface area contributed by atoms with Crippen molar-refractivity contribution in [1.29, 1.82) is 0 Å². The van der Waals surface area contributed by atoms with E-state index in [2.05, 4.69) is 10.3 Å². The molecule has 0 saturated carbocycles. The second kappa shape index (κ2) is 7.24. The molecular formula is C16H23N3O2. The summed E-state index contributed by atoms with van der Waals surface area (Å²) in [4.78, 5) is 15.3. The monoisotopic (exact) mass is 289 g/mol. The molecular weight excluding hydrogens is 266 g/mol. The zero-order valence-electron chi connectivity index (χ0n) is 12.6. The van der Waals surface area contributed by atoms with E-state index in [0.29, 0.717) is 19.6 Å². The third-order valence-electron chi connectivity index (χ3n) is 3.41. The molecule has 0 saturated heterocycles. The molecule has 4 N–H and O–H groups in total. The van der Waals surface area contributed by atoms with Crippen LogP contribution in [0.1, 0.15) is 19.4 Å². The Hall–Kier alpha value is -1.85. The average molecular weight is 289 g/mol. The topological polar surface area (TPSA) is 80.1 Å². The minimum atomic E-state index is -0.562. The van der Waals surface area contributed by atoms with Crippen molar-refractivity contribution in [3.63, 3.8) is 0 Å². The second-order valence-electron chi connectivity index (χ2n) is 5.24. The number of nitrogens with two attached hydrogens (primary N) is 1. The van der Waals surface area contributed by atoms with Crippen LogP contribution < -0.4 is 11.1 Å². The molecule has 0 radical (unpaired) electrons. The van der Waals surface area contributed by atoms with Gasteiger partial charge in [0.1, 0.15) is 0 Å². The molecule has 0 spiro atoms. The Morgan fingerprint density at radius 3 is 2.95 bits per heavy atom. The minimum absolute atomic E-state index is 0.0357. The predicted molar refractivity (Wildman–Crippen MR) is 84.1 cm³/mol. The summed E-state index contributed by atoms with van der Waals surface area (Å²) in [7, 11) is 0. The molecule has 5 nitrogen and oxygen atoms in total. The number of para-hydroxylation sites is 1. The first-order valence-electron chi connectivity index (χ1n) is 7.30. The largest absolute Gasteiger partial charge is 0.380 e. The molecule has 1 aromatic heterocycles. The smallest absolute Gasteiger partial charge is 0.237 e. The maximum Gasteiger partial charge on any atom is 0.237 e. The second-order valence-corrected chi connectivity index (χ2v) is 5.24. The molecule has 1 aromatic carbocycles. The Morgan fingerprint density at radius 1 is 1.43 bits per heavy atom. The molecule has 5 heteroatoms. The number of hydrogen-bond donors (Lipinski definition) is 3. The number of nitrogens with one attached hydrogen (secondary N) is 2. The van der Waals surface area contributed by atoms with Gasteiger partial charge in [-0.1, -0.05) is 18.2 Å². The predicted octanol–water partition coefficient (Wildman–Crippen LogP) is 1.58. The van der Waals surface area contributed by atoms with Gasteiger partial charge in [0.05, 0.1) is 12.6 Å². The molecule has 0 aliphatic heterocycles. The summed E-state index contributed by atoms with van der Waals surface area (Å²) in [5.74, 6) is -0.146. The fourth-order valence-corrected chi connectivity index (χ4v) is 2.32. The van der Waals surface area contributed by atoms with Crippen molar-refractivity contribution in [2.45, 2.75) is 32.4 Å². The van der Waals surface area contributed by atoms with Gasteiger partial charge in [0, 0.05) is 29.7 Å². The first-order chi connectivity index (χ1) is 10.1. The Labute approximate surface area is 124 Å². The molecule has 1 heterocycles. The van der Waals surface area contributed by atoms with E-state index >= 15 is 0 Å². The number of carbonyl (C=O) groups excluding carboxylic acids is 1. The molecule has 2 rings (SSSR count). The molecule has 2 unspecified atom stereocenters. The normalized spacial score (nSPS) is 14.0. The van der Waals surface area contributed by atoms with Crippen molar-refractivity contribution in [3.05, 3.63) is 36.0 Å².